The molecule has 0 saturated carbocycles. The summed E-state index contributed by atoms with van der Waals surface area (Å²) in [6, 6.07) is 0. The standard InChI is InChI=1S/C6H8O2S/c1-2-5-6(8)4(7)3-9-5/h5H,2-3H2,1H3. The van der Waals surface area contributed by atoms with E-state index in [1.807, 2.05) is 6.92 Å². The van der Waals surface area contributed by atoms with Gasteiger partial charge < -0.3 is 0 Å². The molecule has 1 aliphatic rings. The lowest BCUT2D eigenvalue weighted by Crippen LogP contribution is -2.16. The summed E-state index contributed by atoms with van der Waals surface area (Å²) in [5.41, 5.74) is 0. The van der Waals surface area contributed by atoms with Gasteiger partial charge in [0.25, 0.3) is 0 Å². The minimum Gasteiger partial charge on any atom is -0.290 e. The number of hydrogen-bond acceptors (Lipinski definition) is 3. The van der Waals surface area contributed by atoms with Crippen molar-refractivity contribution >= 4 is 23.3 Å². The Morgan fingerprint density at radius 3 is 2.56 bits per heavy atom. The lowest BCUT2D eigenvalue weighted by molar-refractivity contribution is -0.134. The van der Waals surface area contributed by atoms with Crippen LogP contribution in [0.1, 0.15) is 13.3 Å². The average Bonchev–Trinajstić information content (AvgIpc) is 2.15. The molecule has 50 valence electrons. The summed E-state index contributed by atoms with van der Waals surface area (Å²) in [6.45, 7) is 1.92. The van der Waals surface area contributed by atoms with Crippen molar-refractivity contribution in [1.29, 1.82) is 0 Å². The van der Waals surface area contributed by atoms with E-state index in [9.17, 15) is 9.59 Å². The zero-order chi connectivity index (χ0) is 6.85. The van der Waals surface area contributed by atoms with E-state index >= 15 is 0 Å². The van der Waals surface area contributed by atoms with Gasteiger partial charge in [-0.2, -0.15) is 0 Å². The fourth-order valence-corrected chi connectivity index (χ4v) is 1.82. The number of carbonyl (C=O) groups excluding carboxylic acids is 2. The van der Waals surface area contributed by atoms with E-state index in [2.05, 4.69) is 0 Å². The van der Waals surface area contributed by atoms with Gasteiger partial charge in [0, 0.05) is 0 Å². The fraction of sp³-hybridized carbons (Fsp3) is 0.667. The van der Waals surface area contributed by atoms with Crippen molar-refractivity contribution in [2.75, 3.05) is 5.75 Å². The van der Waals surface area contributed by atoms with Crippen molar-refractivity contribution < 1.29 is 9.59 Å². The Balaban J connectivity index is 2.62. The molecule has 1 saturated heterocycles. The van der Waals surface area contributed by atoms with Crippen LogP contribution in [0.2, 0.25) is 0 Å². The number of Topliss-reactive ketones (excluding diaryl/α,β-unsaturated/α-hetero) is 2. The topological polar surface area (TPSA) is 34.1 Å². The molecule has 1 heterocycles. The predicted molar refractivity (Wildman–Crippen MR) is 36.6 cm³/mol. The maximum Gasteiger partial charge on any atom is 0.212 e. The zero-order valence-electron chi connectivity index (χ0n) is 5.22. The van der Waals surface area contributed by atoms with Crippen LogP contribution in [0.25, 0.3) is 0 Å². The number of rotatable bonds is 1. The molecule has 1 fully saturated rings. The highest BCUT2D eigenvalue weighted by Crippen LogP contribution is 2.22. The number of carbonyl (C=O) groups is 2. The summed E-state index contributed by atoms with van der Waals surface area (Å²) in [5, 5.41) is -0.0301. The van der Waals surface area contributed by atoms with E-state index < -0.39 is 0 Å². The summed E-state index contributed by atoms with van der Waals surface area (Å²) >= 11 is 1.46. The normalized spacial score (nSPS) is 27.4. The summed E-state index contributed by atoms with van der Waals surface area (Å²) < 4.78 is 0. The van der Waals surface area contributed by atoms with Crippen molar-refractivity contribution in [3.05, 3.63) is 0 Å². The maximum absolute atomic E-state index is 10.8. The van der Waals surface area contributed by atoms with Gasteiger partial charge in [0.1, 0.15) is 0 Å². The predicted octanol–water partition coefficient (Wildman–Crippen LogP) is 0.650. The first-order valence-corrected chi connectivity index (χ1v) is 3.99. The van der Waals surface area contributed by atoms with Gasteiger partial charge in [0.15, 0.2) is 0 Å². The molecule has 1 atom stereocenters. The largest absolute Gasteiger partial charge is 0.290 e. The summed E-state index contributed by atoms with van der Waals surface area (Å²) in [5.74, 6) is 0.0199. The minimum atomic E-state index is -0.202. The van der Waals surface area contributed by atoms with Crippen molar-refractivity contribution in [2.45, 2.75) is 18.6 Å². The third-order valence-electron chi connectivity index (χ3n) is 1.35. The van der Waals surface area contributed by atoms with Gasteiger partial charge in [-0.1, -0.05) is 6.92 Å². The lowest BCUT2D eigenvalue weighted by atomic mass is 10.2. The van der Waals surface area contributed by atoms with Crippen molar-refractivity contribution in [1.82, 2.24) is 0 Å². The molecule has 0 amide bonds. The molecular weight excluding hydrogens is 136 g/mol. The molecule has 0 bridgehead atoms. The quantitative estimate of drug-likeness (QED) is 0.507. The van der Waals surface area contributed by atoms with Crippen LogP contribution in [0.4, 0.5) is 0 Å². The van der Waals surface area contributed by atoms with E-state index in [1.54, 1.807) is 0 Å². The van der Waals surface area contributed by atoms with E-state index in [0.717, 1.165) is 6.42 Å². The van der Waals surface area contributed by atoms with Gasteiger partial charge in [-0.05, 0) is 6.42 Å². The highest BCUT2D eigenvalue weighted by Gasteiger charge is 2.31. The fourth-order valence-electron chi connectivity index (χ4n) is 0.806. The summed E-state index contributed by atoms with van der Waals surface area (Å²) in [7, 11) is 0. The molecule has 1 rings (SSSR count). The Hall–Kier alpha value is -0.310. The van der Waals surface area contributed by atoms with Gasteiger partial charge in [0.05, 0.1) is 11.0 Å². The molecule has 1 unspecified atom stereocenters. The molecule has 1 aliphatic heterocycles. The first-order valence-electron chi connectivity index (χ1n) is 2.94. The van der Waals surface area contributed by atoms with E-state index in [1.165, 1.54) is 11.8 Å². The van der Waals surface area contributed by atoms with Crippen LogP contribution in [-0.4, -0.2) is 22.6 Å². The number of ketones is 2. The molecule has 0 spiro atoms. The number of thioether (sulfide) groups is 1. The molecule has 0 aromatic rings. The smallest absolute Gasteiger partial charge is 0.212 e. The Kier molecular flexibility index (Phi) is 1.90. The third kappa shape index (κ3) is 1.15. The number of hydrogen-bond donors (Lipinski definition) is 0. The second-order valence-electron chi connectivity index (χ2n) is 2.00. The van der Waals surface area contributed by atoms with E-state index in [0.29, 0.717) is 5.75 Å². The Bertz CT molecular complexity index is 153. The van der Waals surface area contributed by atoms with Gasteiger partial charge in [-0.25, -0.2) is 0 Å². The van der Waals surface area contributed by atoms with Gasteiger partial charge in [0.2, 0.25) is 11.6 Å². The molecule has 0 aliphatic carbocycles. The highest BCUT2D eigenvalue weighted by atomic mass is 32.2. The lowest BCUT2D eigenvalue weighted by Gasteiger charge is -1.96. The molecule has 0 radical (unpaired) electrons. The highest BCUT2D eigenvalue weighted by molar-refractivity contribution is 8.02. The van der Waals surface area contributed by atoms with Crippen molar-refractivity contribution in [3.8, 4) is 0 Å². The second-order valence-corrected chi connectivity index (χ2v) is 3.19. The molecular formula is C6H8O2S. The molecule has 3 heteroatoms. The maximum atomic E-state index is 10.8. The van der Waals surface area contributed by atoms with E-state index in [4.69, 9.17) is 0 Å². The van der Waals surface area contributed by atoms with E-state index in [-0.39, 0.29) is 16.8 Å². The average molecular weight is 144 g/mol. The second kappa shape index (κ2) is 2.52. The van der Waals surface area contributed by atoms with Crippen molar-refractivity contribution in [3.63, 3.8) is 0 Å². The molecule has 9 heavy (non-hydrogen) atoms. The Labute approximate surface area is 58.0 Å². The van der Waals surface area contributed by atoms with Crippen LogP contribution in [0, 0.1) is 0 Å². The minimum absolute atomic E-state index is 0.0301. The molecule has 0 N–H and O–H groups in total. The summed E-state index contributed by atoms with van der Waals surface area (Å²) in [4.78, 5) is 21.3. The van der Waals surface area contributed by atoms with Crippen LogP contribution in [0.5, 0.6) is 0 Å². The van der Waals surface area contributed by atoms with Crippen LogP contribution in [-0.2, 0) is 9.59 Å². The molecule has 2 nitrogen and oxygen atoms in total. The first-order chi connectivity index (χ1) is 4.25. The van der Waals surface area contributed by atoms with Crippen LogP contribution in [0.15, 0.2) is 0 Å². The van der Waals surface area contributed by atoms with Crippen LogP contribution in [0.3, 0.4) is 0 Å². The first kappa shape index (κ1) is 6.81. The molecule has 0 aromatic carbocycles. The molecule has 0 aromatic heterocycles. The van der Waals surface area contributed by atoms with Crippen molar-refractivity contribution in [2.24, 2.45) is 0 Å². The van der Waals surface area contributed by atoms with Crippen LogP contribution < -0.4 is 0 Å². The van der Waals surface area contributed by atoms with Gasteiger partial charge >= 0.3 is 0 Å². The van der Waals surface area contributed by atoms with Gasteiger partial charge in [-0.3, -0.25) is 9.59 Å². The third-order valence-corrected chi connectivity index (χ3v) is 2.73. The summed E-state index contributed by atoms with van der Waals surface area (Å²) in [6.07, 6.45) is 0.787. The van der Waals surface area contributed by atoms with Crippen LogP contribution >= 0.6 is 11.8 Å². The zero-order valence-corrected chi connectivity index (χ0v) is 6.03. The Morgan fingerprint density at radius 2 is 2.33 bits per heavy atom. The monoisotopic (exact) mass is 144 g/mol. The van der Waals surface area contributed by atoms with Gasteiger partial charge in [-0.15, -0.1) is 11.8 Å². The Morgan fingerprint density at radius 1 is 1.67 bits per heavy atom. The SMILES string of the molecule is CCC1SCC(=O)C1=O.